The van der Waals surface area contributed by atoms with Crippen molar-refractivity contribution in [1.82, 2.24) is 0 Å². The number of hydrogen-bond acceptors (Lipinski definition) is 7. The maximum absolute atomic E-state index is 12.9. The number of sulfonamides is 1. The van der Waals surface area contributed by atoms with Crippen molar-refractivity contribution in [2.45, 2.75) is 13.0 Å². The molecule has 31 heavy (non-hydrogen) atoms. The SMILES string of the molecule is COC(=O)c1ccc(C(=O)OC)c(NC(=O)C(C)N(c2ccc(Cl)cc2)S(C)(=O)=O)c1. The second-order valence-electron chi connectivity index (χ2n) is 6.44. The number of nitrogens with zero attached hydrogens (tertiary/aromatic N) is 1. The standard InChI is InChI=1S/C20H21ClN2O7S/c1-12(23(31(4,27)28)15-8-6-14(21)7-9-15)18(24)22-17-11-13(19(25)29-2)5-10-16(17)20(26)30-3/h5-12H,1-4H3,(H,22,24). The van der Waals surface area contributed by atoms with Crippen LogP contribution in [-0.4, -0.2) is 52.8 Å². The number of benzene rings is 2. The van der Waals surface area contributed by atoms with Crippen LogP contribution in [0.25, 0.3) is 0 Å². The molecule has 1 amide bonds. The molecule has 2 rings (SSSR count). The van der Waals surface area contributed by atoms with Gasteiger partial charge in [-0.2, -0.15) is 0 Å². The van der Waals surface area contributed by atoms with Gasteiger partial charge in [-0.05, 0) is 49.4 Å². The highest BCUT2D eigenvalue weighted by Gasteiger charge is 2.30. The van der Waals surface area contributed by atoms with Crippen molar-refractivity contribution in [3.05, 3.63) is 58.6 Å². The molecule has 0 aliphatic heterocycles. The summed E-state index contributed by atoms with van der Waals surface area (Å²) in [5.74, 6) is -2.18. The van der Waals surface area contributed by atoms with Crippen LogP contribution in [0.1, 0.15) is 27.6 Å². The Morgan fingerprint density at radius 1 is 1.00 bits per heavy atom. The third-order valence-electron chi connectivity index (χ3n) is 4.27. The second kappa shape index (κ2) is 9.80. The Kier molecular flexibility index (Phi) is 7.64. The van der Waals surface area contributed by atoms with Crippen LogP contribution in [0.3, 0.4) is 0 Å². The third-order valence-corrected chi connectivity index (χ3v) is 5.77. The summed E-state index contributed by atoms with van der Waals surface area (Å²) >= 11 is 5.86. The lowest BCUT2D eigenvalue weighted by atomic mass is 10.1. The topological polar surface area (TPSA) is 119 Å². The van der Waals surface area contributed by atoms with E-state index in [4.69, 9.17) is 16.3 Å². The van der Waals surface area contributed by atoms with E-state index in [9.17, 15) is 22.8 Å². The quantitative estimate of drug-likeness (QED) is 0.620. The Labute approximate surface area is 184 Å². The molecule has 1 atom stereocenters. The van der Waals surface area contributed by atoms with Gasteiger partial charge in [-0.1, -0.05) is 11.6 Å². The predicted molar refractivity (Wildman–Crippen MR) is 116 cm³/mol. The van der Waals surface area contributed by atoms with Gasteiger partial charge in [0.05, 0.1) is 43.0 Å². The highest BCUT2D eigenvalue weighted by molar-refractivity contribution is 7.92. The predicted octanol–water partition coefficient (Wildman–Crippen LogP) is 2.71. The molecular formula is C20H21ClN2O7S. The van der Waals surface area contributed by atoms with Gasteiger partial charge in [-0.15, -0.1) is 0 Å². The van der Waals surface area contributed by atoms with Crippen LogP contribution in [0, 0.1) is 0 Å². The molecule has 1 N–H and O–H groups in total. The Morgan fingerprint density at radius 2 is 1.58 bits per heavy atom. The largest absolute Gasteiger partial charge is 0.465 e. The highest BCUT2D eigenvalue weighted by atomic mass is 35.5. The fourth-order valence-electron chi connectivity index (χ4n) is 2.81. The summed E-state index contributed by atoms with van der Waals surface area (Å²) in [6.07, 6.45) is 0.961. The van der Waals surface area contributed by atoms with Crippen LogP contribution in [0.5, 0.6) is 0 Å². The monoisotopic (exact) mass is 468 g/mol. The Morgan fingerprint density at radius 3 is 2.10 bits per heavy atom. The molecule has 1 unspecified atom stereocenters. The normalized spacial score (nSPS) is 11.9. The van der Waals surface area contributed by atoms with E-state index in [1.165, 1.54) is 56.5 Å². The number of carbonyl (C=O) groups excluding carboxylic acids is 3. The number of ether oxygens (including phenoxy) is 2. The molecule has 0 aliphatic carbocycles. The van der Waals surface area contributed by atoms with E-state index in [0.29, 0.717) is 5.02 Å². The number of anilines is 2. The maximum Gasteiger partial charge on any atom is 0.339 e. The number of halogens is 1. The molecule has 2 aromatic carbocycles. The van der Waals surface area contributed by atoms with E-state index >= 15 is 0 Å². The zero-order valence-corrected chi connectivity index (χ0v) is 18.8. The summed E-state index contributed by atoms with van der Waals surface area (Å²) < 4.78 is 35.1. The molecule has 0 aromatic heterocycles. The average Bonchev–Trinajstić information content (AvgIpc) is 2.73. The van der Waals surface area contributed by atoms with Crippen molar-refractivity contribution in [2.75, 3.05) is 30.1 Å². The number of methoxy groups -OCH3 is 2. The molecule has 9 nitrogen and oxygen atoms in total. The smallest absolute Gasteiger partial charge is 0.339 e. The van der Waals surface area contributed by atoms with E-state index in [-0.39, 0.29) is 22.5 Å². The number of amides is 1. The van der Waals surface area contributed by atoms with Crippen molar-refractivity contribution in [3.8, 4) is 0 Å². The lowest BCUT2D eigenvalue weighted by molar-refractivity contribution is -0.116. The number of esters is 2. The molecule has 0 radical (unpaired) electrons. The van der Waals surface area contributed by atoms with E-state index in [2.05, 4.69) is 10.1 Å². The average molecular weight is 469 g/mol. The Balaban J connectivity index is 2.44. The van der Waals surface area contributed by atoms with Gasteiger partial charge >= 0.3 is 11.9 Å². The first-order chi connectivity index (χ1) is 14.5. The Bertz CT molecular complexity index is 1100. The Hall–Kier alpha value is -3.11. The van der Waals surface area contributed by atoms with Crippen LogP contribution >= 0.6 is 11.6 Å². The van der Waals surface area contributed by atoms with Gasteiger partial charge in [-0.25, -0.2) is 18.0 Å². The molecule has 0 saturated carbocycles. The van der Waals surface area contributed by atoms with Crippen molar-refractivity contribution in [1.29, 1.82) is 0 Å². The van der Waals surface area contributed by atoms with Gasteiger partial charge < -0.3 is 14.8 Å². The molecule has 11 heteroatoms. The van der Waals surface area contributed by atoms with Gasteiger partial charge in [-0.3, -0.25) is 9.10 Å². The van der Waals surface area contributed by atoms with Gasteiger partial charge in [0.25, 0.3) is 0 Å². The maximum atomic E-state index is 12.9. The van der Waals surface area contributed by atoms with Crippen LogP contribution in [0.4, 0.5) is 11.4 Å². The number of rotatable bonds is 7. The highest BCUT2D eigenvalue weighted by Crippen LogP contribution is 2.25. The van der Waals surface area contributed by atoms with Crippen LogP contribution in [0.2, 0.25) is 5.02 Å². The van der Waals surface area contributed by atoms with Gasteiger partial charge in [0.1, 0.15) is 6.04 Å². The molecule has 0 heterocycles. The first-order valence-corrected chi connectivity index (χ1v) is 11.1. The minimum Gasteiger partial charge on any atom is -0.465 e. The fraction of sp³-hybridized carbons (Fsp3) is 0.250. The molecule has 0 saturated heterocycles. The van der Waals surface area contributed by atoms with E-state index in [1.807, 2.05) is 0 Å². The molecule has 0 aliphatic rings. The summed E-state index contributed by atoms with van der Waals surface area (Å²) in [4.78, 5) is 36.9. The van der Waals surface area contributed by atoms with Gasteiger partial charge in [0.15, 0.2) is 0 Å². The minimum absolute atomic E-state index is 0.0203. The number of hydrogen-bond donors (Lipinski definition) is 1. The van der Waals surface area contributed by atoms with Crippen LogP contribution in [0.15, 0.2) is 42.5 Å². The van der Waals surface area contributed by atoms with E-state index < -0.39 is 33.9 Å². The van der Waals surface area contributed by atoms with Crippen molar-refractivity contribution in [2.24, 2.45) is 0 Å². The van der Waals surface area contributed by atoms with Crippen molar-refractivity contribution in [3.63, 3.8) is 0 Å². The first-order valence-electron chi connectivity index (χ1n) is 8.86. The lowest BCUT2D eigenvalue weighted by Gasteiger charge is -2.28. The summed E-state index contributed by atoms with van der Waals surface area (Å²) in [6, 6.07) is 8.60. The summed E-state index contributed by atoms with van der Waals surface area (Å²) in [5.41, 5.74) is 0.256. The molecule has 166 valence electrons. The summed E-state index contributed by atoms with van der Waals surface area (Å²) in [7, 11) is -1.51. The first kappa shape index (κ1) is 24.2. The van der Waals surface area contributed by atoms with E-state index in [0.717, 1.165) is 17.7 Å². The minimum atomic E-state index is -3.86. The van der Waals surface area contributed by atoms with Crippen LogP contribution < -0.4 is 9.62 Å². The second-order valence-corrected chi connectivity index (χ2v) is 8.74. The lowest BCUT2D eigenvalue weighted by Crippen LogP contribution is -2.45. The van der Waals surface area contributed by atoms with Crippen molar-refractivity contribution >= 4 is 50.8 Å². The number of nitrogens with one attached hydrogen (secondary N) is 1. The number of carbonyl (C=O) groups is 3. The zero-order chi connectivity index (χ0) is 23.3. The van der Waals surface area contributed by atoms with Gasteiger partial charge in [0, 0.05) is 5.02 Å². The van der Waals surface area contributed by atoms with E-state index in [1.54, 1.807) is 0 Å². The van der Waals surface area contributed by atoms with Crippen molar-refractivity contribution < 1.29 is 32.3 Å². The molecular weight excluding hydrogens is 448 g/mol. The van der Waals surface area contributed by atoms with Gasteiger partial charge in [0.2, 0.25) is 15.9 Å². The fourth-order valence-corrected chi connectivity index (χ4v) is 4.12. The molecule has 0 spiro atoms. The zero-order valence-electron chi connectivity index (χ0n) is 17.2. The molecule has 0 fully saturated rings. The molecule has 0 bridgehead atoms. The van der Waals surface area contributed by atoms with Crippen LogP contribution in [-0.2, 0) is 24.3 Å². The summed E-state index contributed by atoms with van der Waals surface area (Å²) in [5, 5.41) is 2.90. The summed E-state index contributed by atoms with van der Waals surface area (Å²) in [6.45, 7) is 1.38. The molecule has 2 aromatic rings. The third kappa shape index (κ3) is 5.74.